The second-order valence-electron chi connectivity index (χ2n) is 6.48. The molecule has 0 fully saturated rings. The van der Waals surface area contributed by atoms with Gasteiger partial charge in [0.1, 0.15) is 12.6 Å². The third-order valence-corrected chi connectivity index (χ3v) is 5.25. The monoisotopic (exact) mass is 424 g/mol. The van der Waals surface area contributed by atoms with Crippen LogP contribution in [0.2, 0.25) is 0 Å². The molecule has 0 bridgehead atoms. The first-order valence-corrected chi connectivity index (χ1v) is 10.5. The Bertz CT molecular complexity index is 945. The van der Waals surface area contributed by atoms with Crippen molar-refractivity contribution in [3.63, 3.8) is 0 Å². The molecule has 1 heterocycles. The number of para-hydroxylation sites is 2. The summed E-state index contributed by atoms with van der Waals surface area (Å²) in [6.07, 6.45) is 0.400. The Morgan fingerprint density at radius 3 is 2.40 bits per heavy atom. The molecular formula is C23H24N2O4S. The van der Waals surface area contributed by atoms with Crippen molar-refractivity contribution in [3.8, 4) is 11.5 Å². The quantitative estimate of drug-likeness (QED) is 0.490. The number of benzene rings is 2. The van der Waals surface area contributed by atoms with Gasteiger partial charge >= 0.3 is 0 Å². The smallest absolute Gasteiger partial charge is 0.262 e. The van der Waals surface area contributed by atoms with Gasteiger partial charge < -0.3 is 20.1 Å². The van der Waals surface area contributed by atoms with Crippen molar-refractivity contribution in [2.45, 2.75) is 12.5 Å². The van der Waals surface area contributed by atoms with Crippen molar-refractivity contribution < 1.29 is 19.1 Å². The van der Waals surface area contributed by atoms with E-state index >= 15 is 0 Å². The highest BCUT2D eigenvalue weighted by Crippen LogP contribution is 2.25. The molecule has 0 radical (unpaired) electrons. The third-order valence-electron chi connectivity index (χ3n) is 4.38. The van der Waals surface area contributed by atoms with Crippen LogP contribution in [0.4, 0.5) is 0 Å². The van der Waals surface area contributed by atoms with Crippen molar-refractivity contribution >= 4 is 23.2 Å². The number of hydrogen-bond donors (Lipinski definition) is 2. The minimum Gasteiger partial charge on any atom is -0.493 e. The van der Waals surface area contributed by atoms with Gasteiger partial charge in [0.2, 0.25) is 5.91 Å². The van der Waals surface area contributed by atoms with Crippen LogP contribution in [0.25, 0.3) is 0 Å². The van der Waals surface area contributed by atoms with Crippen LogP contribution in [0.1, 0.15) is 15.2 Å². The van der Waals surface area contributed by atoms with E-state index in [1.165, 1.54) is 11.3 Å². The average Bonchev–Trinajstić information content (AvgIpc) is 3.32. The van der Waals surface area contributed by atoms with Crippen LogP contribution in [-0.2, 0) is 11.2 Å². The zero-order chi connectivity index (χ0) is 21.2. The Hall–Kier alpha value is -3.32. The first kappa shape index (κ1) is 21.4. The molecule has 0 saturated carbocycles. The molecule has 2 amide bonds. The fraction of sp³-hybridized carbons (Fsp3) is 0.217. The topological polar surface area (TPSA) is 76.7 Å². The normalized spacial score (nSPS) is 11.4. The van der Waals surface area contributed by atoms with Crippen molar-refractivity contribution in [2.75, 3.05) is 20.3 Å². The lowest BCUT2D eigenvalue weighted by Crippen LogP contribution is -2.48. The summed E-state index contributed by atoms with van der Waals surface area (Å²) in [6, 6.07) is 19.8. The zero-order valence-corrected chi connectivity index (χ0v) is 17.5. The Morgan fingerprint density at radius 1 is 0.967 bits per heavy atom. The molecule has 0 aliphatic carbocycles. The number of carbonyl (C=O) groups is 2. The third kappa shape index (κ3) is 6.09. The Labute approximate surface area is 179 Å². The number of nitrogens with one attached hydrogen (secondary N) is 2. The molecule has 0 aliphatic heterocycles. The fourth-order valence-corrected chi connectivity index (χ4v) is 3.52. The summed E-state index contributed by atoms with van der Waals surface area (Å²) >= 11 is 1.34. The SMILES string of the molecule is COc1ccccc1OCCNC(=O)C(Cc1ccccc1)NC(=O)c1cccs1. The average molecular weight is 425 g/mol. The van der Waals surface area contributed by atoms with Crippen molar-refractivity contribution in [1.29, 1.82) is 0 Å². The first-order valence-electron chi connectivity index (χ1n) is 9.59. The number of rotatable bonds is 10. The molecule has 1 aromatic heterocycles. The molecule has 0 aliphatic rings. The molecule has 1 unspecified atom stereocenters. The zero-order valence-electron chi connectivity index (χ0n) is 16.7. The first-order chi connectivity index (χ1) is 14.7. The van der Waals surface area contributed by atoms with E-state index < -0.39 is 6.04 Å². The maximum Gasteiger partial charge on any atom is 0.262 e. The van der Waals surface area contributed by atoms with Gasteiger partial charge in [-0.25, -0.2) is 0 Å². The van der Waals surface area contributed by atoms with Gasteiger partial charge in [0, 0.05) is 6.42 Å². The molecular weight excluding hydrogens is 400 g/mol. The Kier molecular flexibility index (Phi) is 7.86. The summed E-state index contributed by atoms with van der Waals surface area (Å²) in [5.41, 5.74) is 0.967. The van der Waals surface area contributed by atoms with Crippen molar-refractivity contribution in [2.24, 2.45) is 0 Å². The van der Waals surface area contributed by atoms with E-state index in [9.17, 15) is 9.59 Å². The molecule has 7 heteroatoms. The van der Waals surface area contributed by atoms with Gasteiger partial charge in [0.15, 0.2) is 11.5 Å². The van der Waals surface area contributed by atoms with Gasteiger partial charge in [-0.05, 0) is 29.1 Å². The highest BCUT2D eigenvalue weighted by molar-refractivity contribution is 7.12. The number of ether oxygens (including phenoxy) is 2. The molecule has 3 rings (SSSR count). The van der Waals surface area contributed by atoms with Crippen LogP contribution in [0.3, 0.4) is 0 Å². The molecule has 3 aromatic rings. The molecule has 2 N–H and O–H groups in total. The van der Waals surface area contributed by atoms with Crippen LogP contribution < -0.4 is 20.1 Å². The minimum atomic E-state index is -0.687. The molecule has 6 nitrogen and oxygen atoms in total. The van der Waals surface area contributed by atoms with Crippen molar-refractivity contribution in [3.05, 3.63) is 82.6 Å². The van der Waals surface area contributed by atoms with Gasteiger partial charge in [-0.2, -0.15) is 0 Å². The lowest BCUT2D eigenvalue weighted by Gasteiger charge is -2.18. The van der Waals surface area contributed by atoms with Gasteiger partial charge in [0.25, 0.3) is 5.91 Å². The summed E-state index contributed by atoms with van der Waals surface area (Å²) in [5.74, 6) is 0.730. The van der Waals surface area contributed by atoms with E-state index in [2.05, 4.69) is 10.6 Å². The Morgan fingerprint density at radius 2 is 1.70 bits per heavy atom. The van der Waals surface area contributed by atoms with E-state index in [1.54, 1.807) is 25.3 Å². The van der Waals surface area contributed by atoms with E-state index in [0.29, 0.717) is 29.3 Å². The standard InChI is InChI=1S/C23H24N2O4S/c1-28-19-10-5-6-11-20(19)29-14-13-24-22(26)18(16-17-8-3-2-4-9-17)25-23(27)21-12-7-15-30-21/h2-12,15,18H,13-14,16H2,1H3,(H,24,26)(H,25,27). The lowest BCUT2D eigenvalue weighted by atomic mass is 10.1. The van der Waals surface area contributed by atoms with E-state index in [0.717, 1.165) is 5.56 Å². The predicted octanol–water partition coefficient (Wildman–Crippen LogP) is 3.29. The molecule has 1 atom stereocenters. The second-order valence-corrected chi connectivity index (χ2v) is 7.43. The summed E-state index contributed by atoms with van der Waals surface area (Å²) in [5, 5.41) is 7.52. The van der Waals surface area contributed by atoms with Crippen molar-refractivity contribution in [1.82, 2.24) is 10.6 Å². The lowest BCUT2D eigenvalue weighted by molar-refractivity contribution is -0.123. The second kappa shape index (κ2) is 11.0. The summed E-state index contributed by atoms with van der Waals surface area (Å²) in [7, 11) is 1.58. The van der Waals surface area contributed by atoms with Crippen LogP contribution in [-0.4, -0.2) is 38.1 Å². The van der Waals surface area contributed by atoms with Crippen LogP contribution in [0, 0.1) is 0 Å². The highest BCUT2D eigenvalue weighted by Gasteiger charge is 2.22. The van der Waals surface area contributed by atoms with Gasteiger partial charge in [-0.15, -0.1) is 11.3 Å². The van der Waals surface area contributed by atoms with Gasteiger partial charge in [-0.3, -0.25) is 9.59 Å². The largest absolute Gasteiger partial charge is 0.493 e. The van der Waals surface area contributed by atoms with Crippen LogP contribution in [0.15, 0.2) is 72.1 Å². The number of thiophene rings is 1. The van der Waals surface area contributed by atoms with E-state index in [4.69, 9.17) is 9.47 Å². The molecule has 2 aromatic carbocycles. The summed E-state index contributed by atoms with van der Waals surface area (Å²) in [6.45, 7) is 0.583. The molecule has 30 heavy (non-hydrogen) atoms. The van der Waals surface area contributed by atoms with Gasteiger partial charge in [0.05, 0.1) is 18.5 Å². The molecule has 0 spiro atoms. The minimum absolute atomic E-state index is 0.257. The summed E-state index contributed by atoms with van der Waals surface area (Å²) in [4.78, 5) is 25.8. The van der Waals surface area contributed by atoms with Crippen LogP contribution >= 0.6 is 11.3 Å². The predicted molar refractivity (Wildman–Crippen MR) is 117 cm³/mol. The fourth-order valence-electron chi connectivity index (χ4n) is 2.89. The molecule has 156 valence electrons. The van der Waals surface area contributed by atoms with E-state index in [1.807, 2.05) is 53.9 Å². The van der Waals surface area contributed by atoms with Gasteiger partial charge in [-0.1, -0.05) is 48.5 Å². The number of methoxy groups -OCH3 is 1. The number of amides is 2. The maximum absolute atomic E-state index is 12.8. The van der Waals surface area contributed by atoms with Crippen LogP contribution in [0.5, 0.6) is 11.5 Å². The summed E-state index contributed by atoms with van der Waals surface area (Å²) < 4.78 is 10.9. The van der Waals surface area contributed by atoms with E-state index in [-0.39, 0.29) is 18.4 Å². The maximum atomic E-state index is 12.8. The Balaban J connectivity index is 1.57. The molecule has 0 saturated heterocycles. The highest BCUT2D eigenvalue weighted by atomic mass is 32.1. The number of hydrogen-bond acceptors (Lipinski definition) is 5. The number of carbonyl (C=O) groups excluding carboxylic acids is 2.